The molecule has 0 fully saturated rings. The second-order valence-corrected chi connectivity index (χ2v) is 6.14. The number of amides is 2. The number of rotatable bonds is 10. The zero-order valence-electron chi connectivity index (χ0n) is 16.2. The summed E-state index contributed by atoms with van der Waals surface area (Å²) in [4.78, 5) is 24.0. The lowest BCUT2D eigenvalue weighted by Crippen LogP contribution is -2.44. The molecule has 0 bridgehead atoms. The standard InChI is InChI=1S/C22H26N2O4/c1-17(22(26)23-15-6-16-28-20-7-4-3-5-8-20)24-21(25)14-11-18-9-12-19(27-2)13-10-18/h3-5,7-14,17H,6,15-16H2,1-2H3,(H,23,26)(H,24,25)/b14-11+. The van der Waals surface area contributed by atoms with E-state index in [1.54, 1.807) is 20.1 Å². The molecular weight excluding hydrogens is 356 g/mol. The monoisotopic (exact) mass is 382 g/mol. The van der Waals surface area contributed by atoms with Crippen molar-refractivity contribution >= 4 is 17.9 Å². The van der Waals surface area contributed by atoms with Gasteiger partial charge in [-0.15, -0.1) is 0 Å². The van der Waals surface area contributed by atoms with E-state index in [1.807, 2.05) is 54.6 Å². The summed E-state index contributed by atoms with van der Waals surface area (Å²) in [6, 6.07) is 16.2. The van der Waals surface area contributed by atoms with Gasteiger partial charge in [0, 0.05) is 12.6 Å². The van der Waals surface area contributed by atoms with Gasteiger partial charge in [-0.2, -0.15) is 0 Å². The van der Waals surface area contributed by atoms with Crippen molar-refractivity contribution in [3.63, 3.8) is 0 Å². The lowest BCUT2D eigenvalue weighted by molar-refractivity contribution is -0.126. The van der Waals surface area contributed by atoms with Gasteiger partial charge in [0.2, 0.25) is 11.8 Å². The van der Waals surface area contributed by atoms with Gasteiger partial charge in [0.15, 0.2) is 0 Å². The smallest absolute Gasteiger partial charge is 0.244 e. The molecule has 0 heterocycles. The van der Waals surface area contributed by atoms with Crippen molar-refractivity contribution in [3.05, 3.63) is 66.2 Å². The third-order valence-corrected chi connectivity index (χ3v) is 3.93. The summed E-state index contributed by atoms with van der Waals surface area (Å²) < 4.78 is 10.7. The summed E-state index contributed by atoms with van der Waals surface area (Å²) in [6.45, 7) is 2.64. The number of para-hydroxylation sites is 1. The van der Waals surface area contributed by atoms with E-state index in [-0.39, 0.29) is 11.8 Å². The number of carbonyl (C=O) groups is 2. The third-order valence-electron chi connectivity index (χ3n) is 3.93. The maximum absolute atomic E-state index is 12.1. The highest BCUT2D eigenvalue weighted by atomic mass is 16.5. The third kappa shape index (κ3) is 7.53. The molecule has 6 heteroatoms. The maximum Gasteiger partial charge on any atom is 0.244 e. The van der Waals surface area contributed by atoms with Gasteiger partial charge in [-0.3, -0.25) is 9.59 Å². The molecule has 0 radical (unpaired) electrons. The van der Waals surface area contributed by atoms with Crippen molar-refractivity contribution in [1.82, 2.24) is 10.6 Å². The first-order valence-corrected chi connectivity index (χ1v) is 9.16. The Hall–Kier alpha value is -3.28. The Balaban J connectivity index is 1.64. The van der Waals surface area contributed by atoms with Gasteiger partial charge >= 0.3 is 0 Å². The molecule has 2 rings (SSSR count). The number of ether oxygens (including phenoxy) is 2. The molecule has 0 aliphatic heterocycles. The van der Waals surface area contributed by atoms with Crippen LogP contribution in [0.4, 0.5) is 0 Å². The van der Waals surface area contributed by atoms with Crippen LogP contribution in [-0.4, -0.2) is 38.1 Å². The number of carbonyl (C=O) groups excluding carboxylic acids is 2. The molecule has 28 heavy (non-hydrogen) atoms. The summed E-state index contributed by atoms with van der Waals surface area (Å²) in [7, 11) is 1.60. The fourth-order valence-electron chi connectivity index (χ4n) is 2.36. The number of nitrogens with one attached hydrogen (secondary N) is 2. The number of methoxy groups -OCH3 is 1. The van der Waals surface area contributed by atoms with Gasteiger partial charge in [0.1, 0.15) is 17.5 Å². The molecule has 0 saturated carbocycles. The zero-order chi connectivity index (χ0) is 20.2. The van der Waals surface area contributed by atoms with E-state index in [9.17, 15) is 9.59 Å². The molecule has 6 nitrogen and oxygen atoms in total. The fourth-order valence-corrected chi connectivity index (χ4v) is 2.36. The molecule has 1 unspecified atom stereocenters. The Morgan fingerprint density at radius 2 is 1.75 bits per heavy atom. The van der Waals surface area contributed by atoms with Crippen LogP contribution in [0.5, 0.6) is 11.5 Å². The Morgan fingerprint density at radius 3 is 2.43 bits per heavy atom. The van der Waals surface area contributed by atoms with Crippen LogP contribution < -0.4 is 20.1 Å². The van der Waals surface area contributed by atoms with Crippen LogP contribution in [0.25, 0.3) is 6.08 Å². The molecule has 0 aliphatic carbocycles. The van der Waals surface area contributed by atoms with Gasteiger partial charge in [-0.1, -0.05) is 30.3 Å². The first-order chi connectivity index (χ1) is 13.6. The minimum Gasteiger partial charge on any atom is -0.497 e. The highest BCUT2D eigenvalue weighted by molar-refractivity contribution is 5.95. The molecule has 2 amide bonds. The van der Waals surface area contributed by atoms with Crippen molar-refractivity contribution < 1.29 is 19.1 Å². The van der Waals surface area contributed by atoms with Gasteiger partial charge in [-0.05, 0) is 49.2 Å². The maximum atomic E-state index is 12.1. The van der Waals surface area contributed by atoms with E-state index in [1.165, 1.54) is 6.08 Å². The second kappa shape index (κ2) is 11.4. The summed E-state index contributed by atoms with van der Waals surface area (Å²) in [6.07, 6.45) is 3.76. The van der Waals surface area contributed by atoms with Gasteiger partial charge in [0.25, 0.3) is 0 Å². The van der Waals surface area contributed by atoms with Crippen LogP contribution in [-0.2, 0) is 9.59 Å². The minimum atomic E-state index is -0.622. The SMILES string of the molecule is COc1ccc(/C=C/C(=O)NC(C)C(=O)NCCCOc2ccccc2)cc1. The van der Waals surface area contributed by atoms with Crippen molar-refractivity contribution in [2.75, 3.05) is 20.3 Å². The van der Waals surface area contributed by atoms with Crippen molar-refractivity contribution in [1.29, 1.82) is 0 Å². The highest BCUT2D eigenvalue weighted by Crippen LogP contribution is 2.12. The molecule has 0 spiro atoms. The molecule has 2 aromatic rings. The second-order valence-electron chi connectivity index (χ2n) is 6.14. The van der Waals surface area contributed by atoms with Crippen LogP contribution in [0, 0.1) is 0 Å². The van der Waals surface area contributed by atoms with E-state index in [0.717, 1.165) is 17.1 Å². The Labute approximate surface area is 165 Å². The molecule has 2 aromatic carbocycles. The molecule has 0 aliphatic rings. The van der Waals surface area contributed by atoms with Crippen LogP contribution >= 0.6 is 0 Å². The molecule has 1 atom stereocenters. The van der Waals surface area contributed by atoms with E-state index in [0.29, 0.717) is 19.6 Å². The average Bonchev–Trinajstić information content (AvgIpc) is 2.73. The lowest BCUT2D eigenvalue weighted by atomic mass is 10.2. The minimum absolute atomic E-state index is 0.231. The van der Waals surface area contributed by atoms with Crippen LogP contribution in [0.3, 0.4) is 0 Å². The Kier molecular flexibility index (Phi) is 8.59. The van der Waals surface area contributed by atoms with Crippen molar-refractivity contribution in [2.45, 2.75) is 19.4 Å². The van der Waals surface area contributed by atoms with E-state index < -0.39 is 6.04 Å². The van der Waals surface area contributed by atoms with E-state index >= 15 is 0 Å². The number of hydrogen-bond donors (Lipinski definition) is 2. The topological polar surface area (TPSA) is 76.7 Å². The summed E-state index contributed by atoms with van der Waals surface area (Å²) >= 11 is 0. The largest absolute Gasteiger partial charge is 0.497 e. The molecule has 148 valence electrons. The number of hydrogen-bond acceptors (Lipinski definition) is 4. The molecule has 2 N–H and O–H groups in total. The van der Waals surface area contributed by atoms with Crippen LogP contribution in [0.2, 0.25) is 0 Å². The molecule has 0 saturated heterocycles. The highest BCUT2D eigenvalue weighted by Gasteiger charge is 2.13. The fraction of sp³-hybridized carbons (Fsp3) is 0.273. The van der Waals surface area contributed by atoms with E-state index in [4.69, 9.17) is 9.47 Å². The molecular formula is C22H26N2O4. The Morgan fingerprint density at radius 1 is 1.04 bits per heavy atom. The van der Waals surface area contributed by atoms with Crippen LogP contribution in [0.15, 0.2) is 60.7 Å². The first-order valence-electron chi connectivity index (χ1n) is 9.16. The van der Waals surface area contributed by atoms with E-state index in [2.05, 4.69) is 10.6 Å². The first kappa shape index (κ1) is 21.0. The summed E-state index contributed by atoms with van der Waals surface area (Å²) in [5, 5.41) is 5.43. The predicted octanol–water partition coefficient (Wildman–Crippen LogP) is 2.80. The molecule has 0 aromatic heterocycles. The van der Waals surface area contributed by atoms with Crippen molar-refractivity contribution in [3.8, 4) is 11.5 Å². The van der Waals surface area contributed by atoms with Gasteiger partial charge < -0.3 is 20.1 Å². The predicted molar refractivity (Wildman–Crippen MR) is 109 cm³/mol. The summed E-state index contributed by atoms with van der Waals surface area (Å²) in [5.41, 5.74) is 0.867. The Bertz CT molecular complexity index is 773. The summed E-state index contributed by atoms with van der Waals surface area (Å²) in [5.74, 6) is 0.996. The van der Waals surface area contributed by atoms with Crippen molar-refractivity contribution in [2.24, 2.45) is 0 Å². The average molecular weight is 382 g/mol. The van der Waals surface area contributed by atoms with Gasteiger partial charge in [0.05, 0.1) is 13.7 Å². The number of benzene rings is 2. The zero-order valence-corrected chi connectivity index (χ0v) is 16.2. The van der Waals surface area contributed by atoms with Crippen LogP contribution in [0.1, 0.15) is 18.9 Å². The van der Waals surface area contributed by atoms with Gasteiger partial charge in [-0.25, -0.2) is 0 Å². The lowest BCUT2D eigenvalue weighted by Gasteiger charge is -2.13. The quantitative estimate of drug-likeness (QED) is 0.489. The normalized spacial score (nSPS) is 11.6.